The zero-order valence-corrected chi connectivity index (χ0v) is 15.6. The number of aromatic amines is 1. The van der Waals surface area contributed by atoms with Gasteiger partial charge in [0.1, 0.15) is 0 Å². The Morgan fingerprint density at radius 2 is 1.88 bits per heavy atom. The molecule has 3 N–H and O–H groups in total. The van der Waals surface area contributed by atoms with E-state index < -0.39 is 5.91 Å². The number of aryl methyl sites for hydroxylation is 1. The molecule has 0 radical (unpaired) electrons. The Morgan fingerprint density at radius 3 is 2.69 bits per heavy atom. The van der Waals surface area contributed by atoms with Crippen LogP contribution in [0.3, 0.4) is 0 Å². The predicted molar refractivity (Wildman–Crippen MR) is 105 cm³/mol. The van der Waals surface area contributed by atoms with E-state index in [1.807, 2.05) is 37.3 Å². The van der Waals surface area contributed by atoms with Crippen molar-refractivity contribution < 1.29 is 9.59 Å². The molecule has 0 atom stereocenters. The molecule has 1 heterocycles. The number of carbonyl (C=O) groups excluding carboxylic acids is 2. The van der Waals surface area contributed by atoms with Gasteiger partial charge >= 0.3 is 0 Å². The Balaban J connectivity index is 1.57. The minimum absolute atomic E-state index is 0.162. The molecule has 0 unspecified atom stereocenters. The summed E-state index contributed by atoms with van der Waals surface area (Å²) in [6.07, 6.45) is 1.60. The second-order valence-electron chi connectivity index (χ2n) is 5.66. The van der Waals surface area contributed by atoms with Crippen molar-refractivity contribution in [2.24, 2.45) is 5.10 Å². The molecular weight excluding hydrogens is 396 g/mol. The van der Waals surface area contributed by atoms with Crippen molar-refractivity contribution in [3.63, 3.8) is 0 Å². The maximum Gasteiger partial charge on any atom is 0.259 e. The Labute approximate surface area is 158 Å². The van der Waals surface area contributed by atoms with Crippen LogP contribution in [0.1, 0.15) is 21.6 Å². The fourth-order valence-corrected chi connectivity index (χ4v) is 3.04. The highest BCUT2D eigenvalue weighted by atomic mass is 79.9. The van der Waals surface area contributed by atoms with Gasteiger partial charge in [-0.3, -0.25) is 9.59 Å². The minimum Gasteiger partial charge on any atom is -0.358 e. The number of nitrogens with zero attached hydrogens (tertiary/aromatic N) is 1. The van der Waals surface area contributed by atoms with E-state index in [0.29, 0.717) is 10.0 Å². The first kappa shape index (κ1) is 17.9. The summed E-state index contributed by atoms with van der Waals surface area (Å²) in [5.74, 6) is -0.733. The lowest BCUT2D eigenvalue weighted by molar-refractivity contribution is -0.120. The standard InChI is InChI=1S/C19H17BrN4O2/c1-12-15(13-6-3-5-9-17(13)23-12)10-22-24-18(25)11-21-19(26)14-7-2-4-8-16(14)20/h2-10,23H,11H2,1H3,(H,21,26)(H,24,25)/b22-10-. The molecule has 3 rings (SSSR count). The zero-order chi connectivity index (χ0) is 18.5. The number of hydrogen-bond donors (Lipinski definition) is 3. The summed E-state index contributed by atoms with van der Waals surface area (Å²) in [4.78, 5) is 27.2. The van der Waals surface area contributed by atoms with Crippen LogP contribution in [0.2, 0.25) is 0 Å². The molecule has 0 saturated carbocycles. The first-order valence-corrected chi connectivity index (χ1v) is 8.77. The molecule has 0 bridgehead atoms. The van der Waals surface area contributed by atoms with Crippen LogP contribution in [0, 0.1) is 6.92 Å². The molecule has 1 aromatic heterocycles. The van der Waals surface area contributed by atoms with Crippen molar-refractivity contribution in [3.8, 4) is 0 Å². The third-order valence-corrected chi connectivity index (χ3v) is 4.55. The number of para-hydroxylation sites is 1. The molecule has 2 amide bonds. The van der Waals surface area contributed by atoms with Gasteiger partial charge in [-0.1, -0.05) is 30.3 Å². The monoisotopic (exact) mass is 412 g/mol. The van der Waals surface area contributed by atoms with Gasteiger partial charge in [-0.15, -0.1) is 0 Å². The number of rotatable bonds is 5. The number of fused-ring (bicyclic) bond motifs is 1. The van der Waals surface area contributed by atoms with E-state index in [4.69, 9.17) is 0 Å². The predicted octanol–water partition coefficient (Wildman–Crippen LogP) is 3.12. The highest BCUT2D eigenvalue weighted by molar-refractivity contribution is 9.10. The quantitative estimate of drug-likeness (QED) is 0.444. The van der Waals surface area contributed by atoms with Gasteiger partial charge in [0.05, 0.1) is 18.3 Å². The maximum atomic E-state index is 12.1. The third-order valence-electron chi connectivity index (χ3n) is 3.85. The number of halogens is 1. The number of amides is 2. The van der Waals surface area contributed by atoms with Gasteiger partial charge in [-0.2, -0.15) is 5.10 Å². The minimum atomic E-state index is -0.404. The van der Waals surface area contributed by atoms with E-state index in [0.717, 1.165) is 22.2 Å². The van der Waals surface area contributed by atoms with E-state index >= 15 is 0 Å². The van der Waals surface area contributed by atoms with E-state index in [2.05, 4.69) is 36.8 Å². The van der Waals surface area contributed by atoms with Crippen LogP contribution in [-0.4, -0.2) is 29.6 Å². The normalized spacial score (nSPS) is 11.0. The molecule has 0 aliphatic heterocycles. The molecular formula is C19H17BrN4O2. The summed E-state index contributed by atoms with van der Waals surface area (Å²) in [6.45, 7) is 1.78. The number of benzene rings is 2. The second kappa shape index (κ2) is 7.97. The van der Waals surface area contributed by atoms with Crippen molar-refractivity contribution in [3.05, 3.63) is 69.8 Å². The van der Waals surface area contributed by atoms with Crippen LogP contribution in [0.4, 0.5) is 0 Å². The molecule has 0 saturated heterocycles. The van der Waals surface area contributed by atoms with E-state index in [1.54, 1.807) is 24.4 Å². The number of H-pyrrole nitrogens is 1. The van der Waals surface area contributed by atoms with Crippen LogP contribution in [-0.2, 0) is 4.79 Å². The van der Waals surface area contributed by atoms with Crippen LogP contribution in [0.5, 0.6) is 0 Å². The van der Waals surface area contributed by atoms with E-state index in [-0.39, 0.29) is 12.5 Å². The molecule has 0 spiro atoms. The Hall–Kier alpha value is -2.93. The first-order chi connectivity index (χ1) is 12.6. The first-order valence-electron chi connectivity index (χ1n) is 7.98. The fraction of sp³-hybridized carbons (Fsp3) is 0.105. The molecule has 26 heavy (non-hydrogen) atoms. The fourth-order valence-electron chi connectivity index (χ4n) is 2.57. The number of carbonyl (C=O) groups is 2. The summed E-state index contributed by atoms with van der Waals surface area (Å²) < 4.78 is 0.672. The van der Waals surface area contributed by atoms with Crippen molar-refractivity contribution in [2.75, 3.05) is 6.54 Å². The lowest BCUT2D eigenvalue weighted by Crippen LogP contribution is -2.35. The molecule has 0 aliphatic carbocycles. The summed E-state index contributed by atoms with van der Waals surface area (Å²) in [5.41, 5.74) is 5.79. The van der Waals surface area contributed by atoms with Crippen molar-refractivity contribution in [1.82, 2.24) is 15.7 Å². The number of aromatic nitrogens is 1. The van der Waals surface area contributed by atoms with Gasteiger partial charge in [0.15, 0.2) is 0 Å². The summed E-state index contributed by atoms with van der Waals surface area (Å²) in [5, 5.41) is 7.58. The third kappa shape index (κ3) is 4.00. The highest BCUT2D eigenvalue weighted by Gasteiger charge is 2.10. The average Bonchev–Trinajstić information content (AvgIpc) is 2.95. The van der Waals surface area contributed by atoms with Gasteiger partial charge in [-0.25, -0.2) is 5.43 Å². The molecule has 3 aromatic rings. The topological polar surface area (TPSA) is 86.3 Å². The molecule has 6 nitrogen and oxygen atoms in total. The Morgan fingerprint density at radius 1 is 1.15 bits per heavy atom. The van der Waals surface area contributed by atoms with Crippen molar-refractivity contribution >= 4 is 44.9 Å². The van der Waals surface area contributed by atoms with E-state index in [9.17, 15) is 9.59 Å². The second-order valence-corrected chi connectivity index (χ2v) is 6.52. The molecule has 0 aliphatic rings. The van der Waals surface area contributed by atoms with Crippen LogP contribution >= 0.6 is 15.9 Å². The smallest absolute Gasteiger partial charge is 0.259 e. The number of nitrogens with one attached hydrogen (secondary N) is 3. The maximum absolute atomic E-state index is 12.1. The average molecular weight is 413 g/mol. The SMILES string of the molecule is Cc1[nH]c2ccccc2c1/C=N\NC(=O)CNC(=O)c1ccccc1Br. The zero-order valence-electron chi connectivity index (χ0n) is 14.0. The lowest BCUT2D eigenvalue weighted by Gasteiger charge is -2.05. The van der Waals surface area contributed by atoms with Crippen molar-refractivity contribution in [2.45, 2.75) is 6.92 Å². The highest BCUT2D eigenvalue weighted by Crippen LogP contribution is 2.19. The summed E-state index contributed by atoms with van der Waals surface area (Å²) in [7, 11) is 0. The number of hydrogen-bond acceptors (Lipinski definition) is 3. The summed E-state index contributed by atoms with van der Waals surface area (Å²) >= 11 is 3.31. The van der Waals surface area contributed by atoms with Crippen LogP contribution in [0.25, 0.3) is 10.9 Å². The molecule has 132 valence electrons. The molecule has 2 aromatic carbocycles. The molecule has 7 heteroatoms. The van der Waals surface area contributed by atoms with Gasteiger partial charge in [0.25, 0.3) is 11.8 Å². The Bertz CT molecular complexity index is 994. The van der Waals surface area contributed by atoms with Crippen LogP contribution < -0.4 is 10.7 Å². The molecule has 0 fully saturated rings. The summed E-state index contributed by atoms with van der Waals surface area (Å²) in [6, 6.07) is 14.9. The lowest BCUT2D eigenvalue weighted by atomic mass is 10.1. The number of hydrazone groups is 1. The van der Waals surface area contributed by atoms with Gasteiger partial charge in [0.2, 0.25) is 0 Å². The Kier molecular flexibility index (Phi) is 5.48. The van der Waals surface area contributed by atoms with Gasteiger partial charge in [-0.05, 0) is 41.1 Å². The van der Waals surface area contributed by atoms with Gasteiger partial charge in [0, 0.05) is 26.6 Å². The van der Waals surface area contributed by atoms with Crippen molar-refractivity contribution in [1.29, 1.82) is 0 Å². The largest absolute Gasteiger partial charge is 0.358 e. The van der Waals surface area contributed by atoms with E-state index in [1.165, 1.54) is 0 Å². The van der Waals surface area contributed by atoms with Crippen LogP contribution in [0.15, 0.2) is 58.1 Å². The van der Waals surface area contributed by atoms with Gasteiger partial charge < -0.3 is 10.3 Å².